The molecule has 0 aliphatic carbocycles. The molecule has 1 aromatic heterocycles. The Bertz CT molecular complexity index is 329. The molecule has 0 saturated carbocycles. The highest BCUT2D eigenvalue weighted by molar-refractivity contribution is 8.00. The lowest BCUT2D eigenvalue weighted by molar-refractivity contribution is 0.513. The average Bonchev–Trinajstić information content (AvgIpc) is 2.84. The van der Waals surface area contributed by atoms with Gasteiger partial charge in [0, 0.05) is 36.8 Å². The summed E-state index contributed by atoms with van der Waals surface area (Å²) in [7, 11) is 0. The van der Waals surface area contributed by atoms with Crippen LogP contribution in [0, 0.1) is 6.92 Å². The van der Waals surface area contributed by atoms with Crippen LogP contribution in [0.15, 0.2) is 12.4 Å². The van der Waals surface area contributed by atoms with Crippen molar-refractivity contribution in [2.24, 2.45) is 0 Å². The predicted molar refractivity (Wildman–Crippen MR) is 69.9 cm³/mol. The molecule has 1 fully saturated rings. The lowest BCUT2D eigenvalue weighted by Gasteiger charge is -2.23. The summed E-state index contributed by atoms with van der Waals surface area (Å²) in [5.74, 6) is 2.43. The molecule has 0 aromatic carbocycles. The zero-order chi connectivity index (χ0) is 11.4. The van der Waals surface area contributed by atoms with E-state index in [9.17, 15) is 0 Å². The fraction of sp³-hybridized carbons (Fsp3) is 0.750. The van der Waals surface area contributed by atoms with E-state index in [4.69, 9.17) is 0 Å². The Morgan fingerprint density at radius 3 is 3.12 bits per heavy atom. The molecule has 1 unspecified atom stereocenters. The van der Waals surface area contributed by atoms with Crippen molar-refractivity contribution in [2.45, 2.75) is 38.0 Å². The normalized spacial score (nSPS) is 25.1. The highest BCUT2D eigenvalue weighted by atomic mass is 32.2. The van der Waals surface area contributed by atoms with Crippen molar-refractivity contribution < 1.29 is 0 Å². The van der Waals surface area contributed by atoms with E-state index in [1.165, 1.54) is 18.6 Å². The van der Waals surface area contributed by atoms with Crippen LogP contribution in [0.3, 0.4) is 0 Å². The summed E-state index contributed by atoms with van der Waals surface area (Å²) in [5, 5.41) is 3.56. The zero-order valence-corrected chi connectivity index (χ0v) is 11.0. The van der Waals surface area contributed by atoms with Crippen molar-refractivity contribution in [3.05, 3.63) is 18.2 Å². The first-order valence-corrected chi connectivity index (χ1v) is 7.01. The van der Waals surface area contributed by atoms with Crippen molar-refractivity contribution in [3.63, 3.8) is 0 Å². The van der Waals surface area contributed by atoms with Crippen LogP contribution >= 0.6 is 11.8 Å². The van der Waals surface area contributed by atoms with Gasteiger partial charge in [-0.25, -0.2) is 4.98 Å². The Balaban J connectivity index is 1.67. The molecule has 0 radical (unpaired) electrons. The molecule has 2 rings (SSSR count). The van der Waals surface area contributed by atoms with Gasteiger partial charge in [-0.2, -0.15) is 11.8 Å². The van der Waals surface area contributed by atoms with E-state index >= 15 is 0 Å². The fourth-order valence-corrected chi connectivity index (χ4v) is 3.44. The quantitative estimate of drug-likeness (QED) is 0.798. The van der Waals surface area contributed by atoms with E-state index in [2.05, 4.69) is 33.6 Å². The number of aromatic nitrogens is 2. The van der Waals surface area contributed by atoms with E-state index in [1.54, 1.807) is 0 Å². The Morgan fingerprint density at radius 2 is 2.50 bits per heavy atom. The average molecular weight is 239 g/mol. The second kappa shape index (κ2) is 5.23. The van der Waals surface area contributed by atoms with E-state index in [-0.39, 0.29) is 0 Å². The third-order valence-corrected chi connectivity index (χ3v) is 4.79. The van der Waals surface area contributed by atoms with Crippen LogP contribution < -0.4 is 5.32 Å². The molecule has 1 N–H and O–H groups in total. The number of aryl methyl sites for hydroxylation is 1. The number of hydrogen-bond donors (Lipinski definition) is 1. The highest BCUT2D eigenvalue weighted by Gasteiger charge is 2.28. The fourth-order valence-electron chi connectivity index (χ4n) is 2.17. The first-order valence-electron chi connectivity index (χ1n) is 6.02. The predicted octanol–water partition coefficient (Wildman–Crippen LogP) is 2.07. The molecule has 1 saturated heterocycles. The highest BCUT2D eigenvalue weighted by Crippen LogP contribution is 2.36. The van der Waals surface area contributed by atoms with Crippen LogP contribution in [0.4, 0.5) is 0 Å². The molecule has 4 heteroatoms. The monoisotopic (exact) mass is 239 g/mol. The van der Waals surface area contributed by atoms with Gasteiger partial charge in [0.25, 0.3) is 0 Å². The molecular weight excluding hydrogens is 218 g/mol. The largest absolute Gasteiger partial charge is 0.334 e. The molecular formula is C12H21N3S. The van der Waals surface area contributed by atoms with Gasteiger partial charge < -0.3 is 9.88 Å². The summed E-state index contributed by atoms with van der Waals surface area (Å²) in [6, 6.07) is 0. The Kier molecular flexibility index (Phi) is 3.92. The third kappa shape index (κ3) is 3.01. The molecule has 1 aliphatic rings. The SMILES string of the molecule is Cc1nccn1CCNCC1(C)CCCS1. The lowest BCUT2D eigenvalue weighted by atomic mass is 10.1. The first-order chi connectivity index (χ1) is 7.70. The maximum Gasteiger partial charge on any atom is 0.105 e. The van der Waals surface area contributed by atoms with Gasteiger partial charge >= 0.3 is 0 Å². The van der Waals surface area contributed by atoms with Crippen LogP contribution in [0.1, 0.15) is 25.6 Å². The first kappa shape index (κ1) is 12.0. The minimum atomic E-state index is 0.476. The summed E-state index contributed by atoms with van der Waals surface area (Å²) in [6.07, 6.45) is 6.64. The third-order valence-electron chi connectivity index (χ3n) is 3.25. The van der Waals surface area contributed by atoms with Gasteiger partial charge in [0.2, 0.25) is 0 Å². The summed E-state index contributed by atoms with van der Waals surface area (Å²) in [5.41, 5.74) is 0. The van der Waals surface area contributed by atoms with Crippen molar-refractivity contribution in [1.29, 1.82) is 0 Å². The van der Waals surface area contributed by atoms with Crippen LogP contribution in [0.25, 0.3) is 0 Å². The van der Waals surface area contributed by atoms with Gasteiger partial charge in [-0.15, -0.1) is 0 Å². The number of hydrogen-bond acceptors (Lipinski definition) is 3. The Hall–Kier alpha value is -0.480. The topological polar surface area (TPSA) is 29.9 Å². The number of nitrogens with zero attached hydrogens (tertiary/aromatic N) is 2. The number of nitrogens with one attached hydrogen (secondary N) is 1. The van der Waals surface area contributed by atoms with Gasteiger partial charge in [0.05, 0.1) is 0 Å². The number of imidazole rings is 1. The van der Waals surface area contributed by atoms with Gasteiger partial charge in [0.15, 0.2) is 0 Å². The lowest BCUT2D eigenvalue weighted by Crippen LogP contribution is -2.34. The van der Waals surface area contributed by atoms with Crippen LogP contribution in [-0.2, 0) is 6.54 Å². The van der Waals surface area contributed by atoms with Gasteiger partial charge in [0.1, 0.15) is 5.82 Å². The van der Waals surface area contributed by atoms with E-state index in [0.29, 0.717) is 4.75 Å². The Labute approximate surface area is 102 Å². The van der Waals surface area contributed by atoms with Crippen molar-refractivity contribution in [3.8, 4) is 0 Å². The molecule has 3 nitrogen and oxygen atoms in total. The summed E-state index contributed by atoms with van der Waals surface area (Å²) >= 11 is 2.11. The molecule has 1 aromatic rings. The van der Waals surface area contributed by atoms with Crippen molar-refractivity contribution >= 4 is 11.8 Å². The number of thioether (sulfide) groups is 1. The Morgan fingerprint density at radius 1 is 1.62 bits per heavy atom. The smallest absolute Gasteiger partial charge is 0.105 e. The second-order valence-corrected chi connectivity index (χ2v) is 6.43. The van der Waals surface area contributed by atoms with Gasteiger partial charge in [-0.05, 0) is 32.4 Å². The molecule has 0 spiro atoms. The maximum absolute atomic E-state index is 4.22. The van der Waals surface area contributed by atoms with Crippen LogP contribution in [0.5, 0.6) is 0 Å². The molecule has 16 heavy (non-hydrogen) atoms. The van der Waals surface area contributed by atoms with E-state index in [0.717, 1.165) is 25.5 Å². The van der Waals surface area contributed by atoms with Crippen LogP contribution in [0.2, 0.25) is 0 Å². The molecule has 0 bridgehead atoms. The zero-order valence-electron chi connectivity index (χ0n) is 10.2. The molecule has 1 aliphatic heterocycles. The van der Waals surface area contributed by atoms with E-state index < -0.39 is 0 Å². The molecule has 90 valence electrons. The second-order valence-electron chi connectivity index (χ2n) is 4.75. The van der Waals surface area contributed by atoms with Crippen LogP contribution in [-0.4, -0.2) is 33.1 Å². The van der Waals surface area contributed by atoms with Gasteiger partial charge in [-0.1, -0.05) is 0 Å². The molecule has 2 heterocycles. The molecule has 1 atom stereocenters. The van der Waals surface area contributed by atoms with E-state index in [1.807, 2.05) is 19.3 Å². The van der Waals surface area contributed by atoms with Gasteiger partial charge in [-0.3, -0.25) is 0 Å². The maximum atomic E-state index is 4.22. The standard InChI is InChI=1S/C12H21N3S/c1-11-14-6-8-15(11)7-5-13-10-12(2)4-3-9-16-12/h6,8,13H,3-5,7,9-10H2,1-2H3. The van der Waals surface area contributed by atoms with Crippen molar-refractivity contribution in [1.82, 2.24) is 14.9 Å². The summed E-state index contributed by atoms with van der Waals surface area (Å²) in [6.45, 7) is 7.61. The number of rotatable bonds is 5. The summed E-state index contributed by atoms with van der Waals surface area (Å²) in [4.78, 5) is 4.22. The van der Waals surface area contributed by atoms with Crippen molar-refractivity contribution in [2.75, 3.05) is 18.8 Å². The molecule has 0 amide bonds. The minimum Gasteiger partial charge on any atom is -0.334 e. The summed E-state index contributed by atoms with van der Waals surface area (Å²) < 4.78 is 2.67. The minimum absolute atomic E-state index is 0.476.